The topological polar surface area (TPSA) is 106 Å². The van der Waals surface area contributed by atoms with Gasteiger partial charge in [-0.3, -0.25) is 4.79 Å². The van der Waals surface area contributed by atoms with Crippen molar-refractivity contribution in [2.45, 2.75) is 37.1 Å². The van der Waals surface area contributed by atoms with Crippen LogP contribution in [0.4, 0.5) is 0 Å². The van der Waals surface area contributed by atoms with Crippen molar-refractivity contribution in [2.24, 2.45) is 0 Å². The molecule has 20 heavy (non-hydrogen) atoms. The summed E-state index contributed by atoms with van der Waals surface area (Å²) in [6.45, 7) is 1.90. The van der Waals surface area contributed by atoms with Crippen molar-refractivity contribution in [3.05, 3.63) is 18.3 Å². The normalized spacial score (nSPS) is 12.9. The van der Waals surface area contributed by atoms with Crippen molar-refractivity contribution in [1.29, 1.82) is 0 Å². The highest BCUT2D eigenvalue weighted by molar-refractivity contribution is 7.89. The summed E-state index contributed by atoms with van der Waals surface area (Å²) in [5.41, 5.74) is 0. The third kappa shape index (κ3) is 4.46. The molecule has 2 N–H and O–H groups in total. The first-order chi connectivity index (χ1) is 9.40. The summed E-state index contributed by atoms with van der Waals surface area (Å²) in [4.78, 5) is 14.7. The smallest absolute Gasteiger partial charge is 0.321 e. The average molecular weight is 302 g/mol. The van der Waals surface area contributed by atoms with Crippen molar-refractivity contribution in [3.63, 3.8) is 0 Å². The molecule has 0 aromatic carbocycles. The minimum absolute atomic E-state index is 0.0963. The van der Waals surface area contributed by atoms with Crippen LogP contribution in [-0.4, -0.2) is 37.6 Å². The number of pyridine rings is 1. The summed E-state index contributed by atoms with van der Waals surface area (Å²) in [5.74, 6) is -0.909. The molecule has 0 aliphatic rings. The molecule has 0 saturated heterocycles. The van der Waals surface area contributed by atoms with E-state index in [2.05, 4.69) is 9.71 Å². The Kier molecular flexibility index (Phi) is 5.90. The minimum atomic E-state index is -3.91. The highest BCUT2D eigenvalue weighted by Crippen LogP contribution is 2.13. The predicted molar refractivity (Wildman–Crippen MR) is 72.1 cm³/mol. The number of hydrogen-bond donors (Lipinski definition) is 2. The highest BCUT2D eigenvalue weighted by atomic mass is 32.2. The third-order valence-corrected chi connectivity index (χ3v) is 4.13. The number of carbonyl (C=O) groups is 1. The molecule has 1 unspecified atom stereocenters. The van der Waals surface area contributed by atoms with Crippen LogP contribution in [0.15, 0.2) is 23.2 Å². The number of rotatable bonds is 8. The molecule has 1 aromatic rings. The molecule has 1 rings (SSSR count). The second-order valence-electron chi connectivity index (χ2n) is 4.19. The molecule has 7 nitrogen and oxygen atoms in total. The van der Waals surface area contributed by atoms with E-state index in [4.69, 9.17) is 9.84 Å². The Labute approximate surface area is 118 Å². The number of aliphatic carboxylic acids is 1. The summed E-state index contributed by atoms with van der Waals surface area (Å²) < 4.78 is 31.1. The van der Waals surface area contributed by atoms with Crippen molar-refractivity contribution in [2.75, 3.05) is 7.11 Å². The van der Waals surface area contributed by atoms with Crippen LogP contribution in [0.3, 0.4) is 0 Å². The van der Waals surface area contributed by atoms with Gasteiger partial charge < -0.3 is 9.84 Å². The number of hydrogen-bond acceptors (Lipinski definition) is 5. The van der Waals surface area contributed by atoms with E-state index in [0.29, 0.717) is 6.42 Å². The molecule has 0 fully saturated rings. The molecule has 0 radical (unpaired) electrons. The van der Waals surface area contributed by atoms with Gasteiger partial charge in [-0.15, -0.1) is 0 Å². The van der Waals surface area contributed by atoms with Crippen LogP contribution in [0.25, 0.3) is 0 Å². The molecule has 0 aliphatic heterocycles. The summed E-state index contributed by atoms with van der Waals surface area (Å²) in [7, 11) is -2.49. The van der Waals surface area contributed by atoms with Crippen LogP contribution in [0.5, 0.6) is 5.88 Å². The van der Waals surface area contributed by atoms with E-state index in [0.717, 1.165) is 12.6 Å². The number of unbranched alkanes of at least 4 members (excludes halogenated alkanes) is 1. The van der Waals surface area contributed by atoms with E-state index >= 15 is 0 Å². The Balaban J connectivity index is 2.88. The van der Waals surface area contributed by atoms with Gasteiger partial charge in [0.1, 0.15) is 10.9 Å². The molecule has 0 aliphatic carbocycles. The highest BCUT2D eigenvalue weighted by Gasteiger charge is 2.25. The number of methoxy groups -OCH3 is 1. The predicted octanol–water partition coefficient (Wildman–Crippen LogP) is 1.01. The van der Waals surface area contributed by atoms with E-state index in [1.54, 1.807) is 0 Å². The largest absolute Gasteiger partial charge is 0.481 e. The van der Waals surface area contributed by atoms with E-state index in [-0.39, 0.29) is 17.2 Å². The van der Waals surface area contributed by atoms with Crippen LogP contribution >= 0.6 is 0 Å². The Bertz CT molecular complexity index is 541. The lowest BCUT2D eigenvalue weighted by molar-refractivity contribution is -0.139. The quantitative estimate of drug-likeness (QED) is 0.742. The van der Waals surface area contributed by atoms with Crippen LogP contribution in [-0.2, 0) is 14.8 Å². The van der Waals surface area contributed by atoms with E-state index < -0.39 is 22.0 Å². The Hall–Kier alpha value is -1.67. The molecule has 0 bridgehead atoms. The van der Waals surface area contributed by atoms with Gasteiger partial charge >= 0.3 is 5.97 Å². The molecule has 0 saturated carbocycles. The zero-order valence-electron chi connectivity index (χ0n) is 11.4. The number of carboxylic acid groups (broad SMARTS) is 1. The molecule has 1 aromatic heterocycles. The monoisotopic (exact) mass is 302 g/mol. The van der Waals surface area contributed by atoms with Crippen molar-refractivity contribution in [3.8, 4) is 5.88 Å². The van der Waals surface area contributed by atoms with Gasteiger partial charge in [0, 0.05) is 6.07 Å². The zero-order chi connectivity index (χ0) is 15.2. The number of nitrogens with one attached hydrogen (secondary N) is 1. The Morgan fingerprint density at radius 3 is 2.65 bits per heavy atom. The molecule has 8 heteroatoms. The second-order valence-corrected chi connectivity index (χ2v) is 5.90. The van der Waals surface area contributed by atoms with Crippen molar-refractivity contribution < 1.29 is 23.1 Å². The van der Waals surface area contributed by atoms with Gasteiger partial charge in [-0.1, -0.05) is 19.8 Å². The first-order valence-corrected chi connectivity index (χ1v) is 7.64. The first-order valence-electron chi connectivity index (χ1n) is 6.16. The van der Waals surface area contributed by atoms with Gasteiger partial charge in [0.15, 0.2) is 0 Å². The van der Waals surface area contributed by atoms with Crippen LogP contribution in [0.1, 0.15) is 26.2 Å². The van der Waals surface area contributed by atoms with Gasteiger partial charge in [-0.25, -0.2) is 13.4 Å². The fourth-order valence-corrected chi connectivity index (χ4v) is 2.71. The lowest BCUT2D eigenvalue weighted by Crippen LogP contribution is -2.40. The van der Waals surface area contributed by atoms with Crippen LogP contribution < -0.4 is 9.46 Å². The third-order valence-electron chi connectivity index (χ3n) is 2.67. The molecule has 112 valence electrons. The Morgan fingerprint density at radius 1 is 1.50 bits per heavy atom. The molecule has 0 amide bonds. The van der Waals surface area contributed by atoms with Crippen molar-refractivity contribution in [1.82, 2.24) is 9.71 Å². The zero-order valence-corrected chi connectivity index (χ0v) is 12.2. The number of sulfonamides is 1. The molecule has 1 atom stereocenters. The minimum Gasteiger partial charge on any atom is -0.481 e. The van der Waals surface area contributed by atoms with E-state index in [1.165, 1.54) is 19.2 Å². The maximum Gasteiger partial charge on any atom is 0.321 e. The molecule has 0 spiro atoms. The van der Waals surface area contributed by atoms with Gasteiger partial charge in [-0.2, -0.15) is 4.72 Å². The lowest BCUT2D eigenvalue weighted by atomic mass is 10.1. The fourth-order valence-electron chi connectivity index (χ4n) is 1.54. The molecular weight excluding hydrogens is 284 g/mol. The van der Waals surface area contributed by atoms with E-state index in [1.807, 2.05) is 6.92 Å². The maximum atomic E-state index is 12.1. The van der Waals surface area contributed by atoms with Crippen LogP contribution in [0, 0.1) is 0 Å². The average Bonchev–Trinajstić information content (AvgIpc) is 2.43. The standard InChI is InChI=1S/C12H18N2O5S/c1-3-4-5-10(12(15)16)14-20(17,18)9-6-7-11(19-2)13-8-9/h6-8,10,14H,3-5H2,1-2H3,(H,15,16). The summed E-state index contributed by atoms with van der Waals surface area (Å²) >= 11 is 0. The first kappa shape index (κ1) is 16.4. The number of carboxylic acids is 1. The van der Waals surface area contributed by atoms with Gasteiger partial charge in [0.25, 0.3) is 0 Å². The fraction of sp³-hybridized carbons (Fsp3) is 0.500. The summed E-state index contributed by atoms with van der Waals surface area (Å²) in [6, 6.07) is 1.57. The lowest BCUT2D eigenvalue weighted by Gasteiger charge is -2.14. The number of nitrogens with zero attached hydrogens (tertiary/aromatic N) is 1. The number of ether oxygens (including phenoxy) is 1. The summed E-state index contributed by atoms with van der Waals surface area (Å²) in [5, 5.41) is 9.03. The molecule has 1 heterocycles. The van der Waals surface area contributed by atoms with Gasteiger partial charge in [0.05, 0.1) is 13.3 Å². The summed E-state index contributed by atoms with van der Waals surface area (Å²) in [6.07, 6.45) is 2.78. The maximum absolute atomic E-state index is 12.1. The Morgan fingerprint density at radius 2 is 2.20 bits per heavy atom. The van der Waals surface area contributed by atoms with E-state index in [9.17, 15) is 13.2 Å². The number of aromatic nitrogens is 1. The second kappa shape index (κ2) is 7.20. The van der Waals surface area contributed by atoms with Crippen LogP contribution in [0.2, 0.25) is 0 Å². The van der Waals surface area contributed by atoms with Gasteiger partial charge in [-0.05, 0) is 12.5 Å². The molecular formula is C12H18N2O5S. The van der Waals surface area contributed by atoms with Gasteiger partial charge in [0.2, 0.25) is 15.9 Å². The SMILES string of the molecule is CCCCC(NS(=O)(=O)c1ccc(OC)nc1)C(=O)O. The van der Waals surface area contributed by atoms with Crippen molar-refractivity contribution >= 4 is 16.0 Å².